The summed E-state index contributed by atoms with van der Waals surface area (Å²) in [4.78, 5) is 34.6. The number of nitrogens with zero attached hydrogens (tertiary/aromatic N) is 1. The van der Waals surface area contributed by atoms with Gasteiger partial charge in [-0.05, 0) is 35.7 Å². The first-order valence-corrected chi connectivity index (χ1v) is 9.82. The normalized spacial score (nSPS) is 11.3. The second-order valence-electron chi connectivity index (χ2n) is 7.13. The van der Waals surface area contributed by atoms with E-state index in [1.54, 1.807) is 0 Å². The number of nitro groups is 1. The van der Waals surface area contributed by atoms with Crippen molar-refractivity contribution >= 4 is 17.7 Å². The molecular weight excluding hydrogens is 412 g/mol. The third kappa shape index (κ3) is 5.91. The molecule has 3 aromatic rings. The zero-order valence-electron chi connectivity index (χ0n) is 17.6. The Kier molecular flexibility index (Phi) is 7.17. The molecule has 0 spiro atoms. The molecule has 0 heterocycles. The number of benzene rings is 3. The molecule has 32 heavy (non-hydrogen) atoms. The van der Waals surface area contributed by atoms with Crippen molar-refractivity contribution in [2.45, 2.75) is 19.4 Å². The van der Waals surface area contributed by atoms with Crippen molar-refractivity contribution < 1.29 is 24.0 Å². The average molecular weight is 434 g/mol. The fourth-order valence-corrected chi connectivity index (χ4v) is 3.07. The summed E-state index contributed by atoms with van der Waals surface area (Å²) >= 11 is 0. The Balaban J connectivity index is 1.65. The Labute approximate surface area is 184 Å². The molecule has 0 bridgehead atoms. The number of ether oxygens (including phenoxy) is 2. The third-order valence-electron chi connectivity index (χ3n) is 4.81. The van der Waals surface area contributed by atoms with E-state index in [4.69, 9.17) is 9.47 Å². The smallest absolute Gasteiger partial charge is 0.413 e. The lowest BCUT2D eigenvalue weighted by Crippen LogP contribution is -2.44. The van der Waals surface area contributed by atoms with Gasteiger partial charge in [0.25, 0.3) is 5.69 Å². The average Bonchev–Trinajstić information content (AvgIpc) is 2.79. The minimum atomic E-state index is -0.962. The Morgan fingerprint density at radius 3 is 2.03 bits per heavy atom. The van der Waals surface area contributed by atoms with Crippen LogP contribution in [0.2, 0.25) is 0 Å². The highest BCUT2D eigenvalue weighted by Crippen LogP contribution is 2.21. The molecule has 0 fully saturated rings. The number of nitro benzene ring substituents is 1. The summed E-state index contributed by atoms with van der Waals surface area (Å²) < 4.78 is 9.92. The molecule has 0 aliphatic carbocycles. The predicted octanol–water partition coefficient (Wildman–Crippen LogP) is 4.44. The summed E-state index contributed by atoms with van der Waals surface area (Å²) in [5.74, 6) is -0.507. The fourth-order valence-electron chi connectivity index (χ4n) is 3.07. The van der Waals surface area contributed by atoms with E-state index in [0.29, 0.717) is 0 Å². The van der Waals surface area contributed by atoms with Crippen LogP contribution < -0.4 is 10.1 Å². The summed E-state index contributed by atoms with van der Waals surface area (Å²) in [6.45, 7) is 2.03. The topological polar surface area (TPSA) is 108 Å². The van der Waals surface area contributed by atoms with Gasteiger partial charge in [-0.2, -0.15) is 0 Å². The number of methoxy groups -OCH3 is 1. The molecule has 0 saturated carbocycles. The molecule has 0 radical (unpaired) electrons. The first-order valence-electron chi connectivity index (χ1n) is 9.82. The highest BCUT2D eigenvalue weighted by Gasteiger charge is 2.23. The summed E-state index contributed by atoms with van der Waals surface area (Å²) in [6.07, 6.45) is -0.665. The van der Waals surface area contributed by atoms with E-state index in [1.165, 1.54) is 36.9 Å². The number of nitrogens with one attached hydrogen (secondary N) is 1. The Bertz CT molecular complexity index is 1090. The number of esters is 1. The lowest BCUT2D eigenvalue weighted by Gasteiger charge is -2.16. The van der Waals surface area contributed by atoms with Gasteiger partial charge in [0.15, 0.2) is 0 Å². The van der Waals surface area contributed by atoms with Crippen molar-refractivity contribution in [3.8, 4) is 16.9 Å². The second kappa shape index (κ2) is 10.2. The third-order valence-corrected chi connectivity index (χ3v) is 4.81. The van der Waals surface area contributed by atoms with Gasteiger partial charge in [-0.25, -0.2) is 9.59 Å². The molecular formula is C24H22N2O6. The molecule has 164 valence electrons. The first kappa shape index (κ1) is 22.5. The minimum absolute atomic E-state index is 0.110. The van der Waals surface area contributed by atoms with Crippen LogP contribution in [0.25, 0.3) is 11.1 Å². The van der Waals surface area contributed by atoms with Crippen molar-refractivity contribution in [1.29, 1.82) is 0 Å². The molecule has 1 N–H and O–H groups in total. The van der Waals surface area contributed by atoms with Crippen LogP contribution in [0, 0.1) is 17.0 Å². The molecule has 0 aliphatic heterocycles. The lowest BCUT2D eigenvalue weighted by molar-refractivity contribution is -0.384. The lowest BCUT2D eigenvalue weighted by atomic mass is 10.00. The Morgan fingerprint density at radius 2 is 1.50 bits per heavy atom. The van der Waals surface area contributed by atoms with Crippen LogP contribution in [0.15, 0.2) is 72.8 Å². The van der Waals surface area contributed by atoms with Gasteiger partial charge in [0.05, 0.1) is 12.0 Å². The monoisotopic (exact) mass is 434 g/mol. The summed E-state index contributed by atoms with van der Waals surface area (Å²) in [5.41, 5.74) is 3.99. The van der Waals surface area contributed by atoms with E-state index < -0.39 is 23.0 Å². The van der Waals surface area contributed by atoms with Crippen molar-refractivity contribution in [3.05, 3.63) is 94.0 Å². The van der Waals surface area contributed by atoms with Crippen molar-refractivity contribution in [1.82, 2.24) is 5.32 Å². The van der Waals surface area contributed by atoms with E-state index >= 15 is 0 Å². The summed E-state index contributed by atoms with van der Waals surface area (Å²) in [7, 11) is 1.24. The number of non-ortho nitro benzene ring substituents is 1. The molecule has 0 saturated heterocycles. The summed E-state index contributed by atoms with van der Waals surface area (Å²) in [5, 5.41) is 13.2. The maximum atomic E-state index is 12.2. The van der Waals surface area contributed by atoms with Gasteiger partial charge in [0.1, 0.15) is 11.8 Å². The van der Waals surface area contributed by atoms with Crippen molar-refractivity contribution in [3.63, 3.8) is 0 Å². The number of amides is 1. The highest BCUT2D eigenvalue weighted by atomic mass is 16.6. The fraction of sp³-hybridized carbons (Fsp3) is 0.167. The van der Waals surface area contributed by atoms with Crippen LogP contribution in [0.5, 0.6) is 5.75 Å². The number of aryl methyl sites for hydroxylation is 1. The first-order chi connectivity index (χ1) is 15.4. The SMILES string of the molecule is COC(=O)[C@H](Cc1ccc(-c2ccc(C)cc2)cc1)NC(=O)Oc1ccc([N+](=O)[O-])cc1. The van der Waals surface area contributed by atoms with Crippen LogP contribution >= 0.6 is 0 Å². The zero-order chi connectivity index (χ0) is 23.1. The van der Waals surface area contributed by atoms with Crippen LogP contribution in [0.3, 0.4) is 0 Å². The number of hydrogen-bond acceptors (Lipinski definition) is 6. The van der Waals surface area contributed by atoms with E-state index in [0.717, 1.165) is 16.7 Å². The molecule has 0 aromatic heterocycles. The largest absolute Gasteiger partial charge is 0.467 e. The van der Waals surface area contributed by atoms with Crippen molar-refractivity contribution in [2.75, 3.05) is 7.11 Å². The molecule has 3 rings (SSSR count). The van der Waals surface area contributed by atoms with Crippen LogP contribution in [-0.2, 0) is 16.0 Å². The minimum Gasteiger partial charge on any atom is -0.467 e. The van der Waals surface area contributed by atoms with Crippen molar-refractivity contribution in [2.24, 2.45) is 0 Å². The maximum absolute atomic E-state index is 12.2. The molecule has 1 amide bonds. The van der Waals surface area contributed by atoms with Gasteiger partial charge >= 0.3 is 12.1 Å². The van der Waals surface area contributed by atoms with Gasteiger partial charge in [-0.1, -0.05) is 54.1 Å². The number of carbonyl (C=O) groups excluding carboxylic acids is 2. The molecule has 8 nitrogen and oxygen atoms in total. The van der Waals surface area contributed by atoms with E-state index in [2.05, 4.69) is 5.32 Å². The van der Waals surface area contributed by atoms with E-state index in [9.17, 15) is 19.7 Å². The van der Waals surface area contributed by atoms with Crippen LogP contribution in [-0.4, -0.2) is 30.1 Å². The highest BCUT2D eigenvalue weighted by molar-refractivity contribution is 5.82. The van der Waals surface area contributed by atoms with E-state index in [-0.39, 0.29) is 17.9 Å². The van der Waals surface area contributed by atoms with Gasteiger partial charge in [0, 0.05) is 18.6 Å². The second-order valence-corrected chi connectivity index (χ2v) is 7.13. The van der Waals surface area contributed by atoms with Gasteiger partial charge in [-0.3, -0.25) is 10.1 Å². The van der Waals surface area contributed by atoms with Crippen LogP contribution in [0.4, 0.5) is 10.5 Å². The molecule has 3 aromatic carbocycles. The van der Waals surface area contributed by atoms with Gasteiger partial charge in [-0.15, -0.1) is 0 Å². The molecule has 0 unspecified atom stereocenters. The summed E-state index contributed by atoms with van der Waals surface area (Å²) in [6, 6.07) is 19.9. The Morgan fingerprint density at radius 1 is 0.938 bits per heavy atom. The quantitative estimate of drug-likeness (QED) is 0.335. The van der Waals surface area contributed by atoms with Gasteiger partial charge in [0.2, 0.25) is 0 Å². The molecule has 1 atom stereocenters. The molecule has 0 aliphatic rings. The Hall–Kier alpha value is -4.20. The van der Waals surface area contributed by atoms with E-state index in [1.807, 2.05) is 55.5 Å². The molecule has 8 heteroatoms. The maximum Gasteiger partial charge on any atom is 0.413 e. The number of hydrogen-bond donors (Lipinski definition) is 1. The van der Waals surface area contributed by atoms with Crippen LogP contribution in [0.1, 0.15) is 11.1 Å². The van der Waals surface area contributed by atoms with Gasteiger partial charge < -0.3 is 14.8 Å². The predicted molar refractivity (Wildman–Crippen MR) is 118 cm³/mol. The number of carbonyl (C=O) groups is 2. The number of rotatable bonds is 7. The zero-order valence-corrected chi connectivity index (χ0v) is 17.6. The standard InChI is InChI=1S/C24H22N2O6/c1-16-3-7-18(8-4-16)19-9-5-17(6-10-19)15-22(23(27)31-2)25-24(28)32-21-13-11-20(12-14-21)26(29)30/h3-14,22H,15H2,1-2H3,(H,25,28)/t22-/m0/s1.